The third-order valence-corrected chi connectivity index (χ3v) is 20.0. The second-order valence-electron chi connectivity index (χ2n) is 28.0. The van der Waals surface area contributed by atoms with E-state index in [1.54, 1.807) is 0 Å². The third kappa shape index (κ3) is 66.0. The molecule has 0 aliphatic rings. The normalized spacial score (nSPS) is 14.7. The minimum absolute atomic E-state index is 0.105. The van der Waals surface area contributed by atoms with Crippen LogP contribution in [-0.2, 0) is 65.4 Å². The van der Waals surface area contributed by atoms with Gasteiger partial charge in [0, 0.05) is 25.7 Å². The molecule has 0 rings (SSSR count). The van der Waals surface area contributed by atoms with Crippen molar-refractivity contribution in [2.75, 3.05) is 39.6 Å². The monoisotopic (exact) mass is 1380 g/mol. The van der Waals surface area contributed by atoms with Crippen molar-refractivity contribution in [3.8, 4) is 0 Å². The van der Waals surface area contributed by atoms with E-state index in [0.717, 1.165) is 108 Å². The maximum absolute atomic E-state index is 13.1. The maximum atomic E-state index is 13.1. The van der Waals surface area contributed by atoms with Crippen LogP contribution in [0, 0.1) is 17.8 Å². The fourth-order valence-corrected chi connectivity index (χ4v) is 12.9. The lowest BCUT2D eigenvalue weighted by atomic mass is 9.99. The lowest BCUT2D eigenvalue weighted by Gasteiger charge is -2.21. The standard InChI is InChI=1S/C75H146O17P2/c1-8-11-12-13-14-15-27-35-42-49-56-72(77)85-63-71(92-75(80)59-52-45-38-31-30-34-41-48-55-68(7)10-3)65-90-94(83,84)88-61-69(76)60-87-93(81,82)89-64-70(62-86-73(78)57-50-43-36-28-24-23-26-33-40-47-54-67(6)9-2)91-74(79)58-51-44-37-29-22-20-18-16-17-19-21-25-32-39-46-53-66(4)5/h66-71,76H,8-65H2,1-7H3,(H,81,82)(H,83,84)/t67?,68?,69-,70-,71-/m1/s1. The molecule has 0 saturated carbocycles. The second kappa shape index (κ2) is 65.7. The van der Waals surface area contributed by atoms with Crippen LogP contribution in [0.1, 0.15) is 382 Å². The number of aliphatic hydroxyl groups is 1. The van der Waals surface area contributed by atoms with Crippen LogP contribution in [-0.4, -0.2) is 96.7 Å². The first kappa shape index (κ1) is 92.1. The average Bonchev–Trinajstić information content (AvgIpc) is 1.53. The molecule has 0 amide bonds. The van der Waals surface area contributed by atoms with Crippen molar-refractivity contribution in [2.45, 2.75) is 401 Å². The first-order valence-corrected chi connectivity index (χ1v) is 41.9. The molecule has 0 heterocycles. The predicted molar refractivity (Wildman–Crippen MR) is 381 cm³/mol. The molecule has 0 aromatic heterocycles. The molecule has 0 saturated heterocycles. The minimum atomic E-state index is -4.96. The maximum Gasteiger partial charge on any atom is 0.472 e. The molecule has 558 valence electrons. The van der Waals surface area contributed by atoms with Crippen LogP contribution in [0.3, 0.4) is 0 Å². The van der Waals surface area contributed by atoms with E-state index in [0.29, 0.717) is 25.7 Å². The summed E-state index contributed by atoms with van der Waals surface area (Å²) in [7, 11) is -9.91. The number of aliphatic hydroxyl groups excluding tert-OH is 1. The first-order valence-electron chi connectivity index (χ1n) is 38.9. The molecule has 17 nitrogen and oxygen atoms in total. The minimum Gasteiger partial charge on any atom is -0.462 e. The summed E-state index contributed by atoms with van der Waals surface area (Å²) in [4.78, 5) is 72.8. The van der Waals surface area contributed by atoms with Gasteiger partial charge in [0.25, 0.3) is 0 Å². The van der Waals surface area contributed by atoms with E-state index in [-0.39, 0.29) is 25.7 Å². The summed E-state index contributed by atoms with van der Waals surface area (Å²) in [6, 6.07) is 0. The summed E-state index contributed by atoms with van der Waals surface area (Å²) in [5, 5.41) is 10.6. The summed E-state index contributed by atoms with van der Waals surface area (Å²) in [6.45, 7) is 11.9. The molecule has 3 N–H and O–H groups in total. The van der Waals surface area contributed by atoms with Crippen LogP contribution in [0.2, 0.25) is 0 Å². The summed E-state index contributed by atoms with van der Waals surface area (Å²) in [5.74, 6) is 0.262. The summed E-state index contributed by atoms with van der Waals surface area (Å²) >= 11 is 0. The van der Waals surface area contributed by atoms with Crippen molar-refractivity contribution < 1.29 is 80.2 Å². The molecule has 0 fully saturated rings. The van der Waals surface area contributed by atoms with Gasteiger partial charge < -0.3 is 33.8 Å². The van der Waals surface area contributed by atoms with E-state index in [4.69, 9.17) is 37.0 Å². The number of esters is 4. The number of ether oxygens (including phenoxy) is 4. The van der Waals surface area contributed by atoms with Crippen LogP contribution in [0.4, 0.5) is 0 Å². The van der Waals surface area contributed by atoms with Crippen LogP contribution in [0.5, 0.6) is 0 Å². The number of unbranched alkanes of at least 4 members (excludes halogenated alkanes) is 39. The zero-order valence-corrected chi connectivity index (χ0v) is 63.2. The lowest BCUT2D eigenvalue weighted by Crippen LogP contribution is -2.30. The Kier molecular flexibility index (Phi) is 64.3. The number of carbonyl (C=O) groups is 4. The first-order chi connectivity index (χ1) is 45.3. The van der Waals surface area contributed by atoms with E-state index in [2.05, 4.69) is 48.5 Å². The van der Waals surface area contributed by atoms with Crippen LogP contribution >= 0.6 is 15.6 Å². The Bertz CT molecular complexity index is 1840. The van der Waals surface area contributed by atoms with Gasteiger partial charge in [-0.25, -0.2) is 9.13 Å². The van der Waals surface area contributed by atoms with E-state index >= 15 is 0 Å². The summed E-state index contributed by atoms with van der Waals surface area (Å²) < 4.78 is 68.5. The Hall–Kier alpha value is -1.94. The van der Waals surface area contributed by atoms with E-state index < -0.39 is 97.5 Å². The summed E-state index contributed by atoms with van der Waals surface area (Å²) in [5.41, 5.74) is 0. The Morgan fingerprint density at radius 2 is 0.543 bits per heavy atom. The smallest absolute Gasteiger partial charge is 0.462 e. The molecular weight excluding hydrogens is 1230 g/mol. The molecule has 0 aromatic rings. The van der Waals surface area contributed by atoms with Crippen molar-refractivity contribution in [2.24, 2.45) is 17.8 Å². The van der Waals surface area contributed by atoms with Crippen molar-refractivity contribution >= 4 is 39.5 Å². The van der Waals surface area contributed by atoms with Crippen LogP contribution < -0.4 is 0 Å². The average molecular weight is 1380 g/mol. The van der Waals surface area contributed by atoms with Gasteiger partial charge >= 0.3 is 39.5 Å². The van der Waals surface area contributed by atoms with E-state index in [1.807, 2.05) is 0 Å². The highest BCUT2D eigenvalue weighted by Crippen LogP contribution is 2.45. The van der Waals surface area contributed by atoms with Crippen molar-refractivity contribution in [3.05, 3.63) is 0 Å². The van der Waals surface area contributed by atoms with Crippen LogP contribution in [0.25, 0.3) is 0 Å². The van der Waals surface area contributed by atoms with Gasteiger partial charge in [0.1, 0.15) is 19.3 Å². The number of phosphoric ester groups is 2. The zero-order chi connectivity index (χ0) is 69.4. The second-order valence-corrected chi connectivity index (χ2v) is 30.9. The van der Waals surface area contributed by atoms with E-state index in [9.17, 15) is 43.2 Å². The number of phosphoric acid groups is 2. The Morgan fingerprint density at radius 1 is 0.309 bits per heavy atom. The van der Waals surface area contributed by atoms with E-state index in [1.165, 1.54) is 193 Å². The number of rotatable bonds is 73. The fraction of sp³-hybridized carbons (Fsp3) is 0.947. The van der Waals surface area contributed by atoms with Gasteiger partial charge in [-0.1, -0.05) is 331 Å². The molecule has 94 heavy (non-hydrogen) atoms. The van der Waals surface area contributed by atoms with Gasteiger partial charge in [0.2, 0.25) is 0 Å². The highest BCUT2D eigenvalue weighted by atomic mass is 31.2. The highest BCUT2D eigenvalue weighted by Gasteiger charge is 2.30. The zero-order valence-electron chi connectivity index (χ0n) is 61.4. The SMILES string of the molecule is CCCCCCCCCCCCC(=O)OC[C@H](COP(=O)(O)OC[C@H](O)COP(=O)(O)OC[C@@H](COC(=O)CCCCCCCCCCCCC(C)CC)OC(=O)CCCCCCCCCCCCCCCCCC(C)C)OC(=O)CCCCCCCCCCC(C)CC. The van der Waals surface area contributed by atoms with Gasteiger partial charge in [-0.2, -0.15) is 0 Å². The Morgan fingerprint density at radius 3 is 0.809 bits per heavy atom. The predicted octanol–water partition coefficient (Wildman–Crippen LogP) is 21.8. The molecular formula is C75H146O17P2. The largest absolute Gasteiger partial charge is 0.472 e. The Balaban J connectivity index is 5.25. The van der Waals surface area contributed by atoms with Gasteiger partial charge in [0.05, 0.1) is 26.4 Å². The quantitative estimate of drug-likeness (QED) is 0.0222. The number of hydrogen-bond donors (Lipinski definition) is 3. The fourth-order valence-electron chi connectivity index (χ4n) is 11.4. The number of hydrogen-bond acceptors (Lipinski definition) is 15. The molecule has 0 aliphatic heterocycles. The van der Waals surface area contributed by atoms with Crippen molar-refractivity contribution in [1.29, 1.82) is 0 Å². The molecule has 19 heteroatoms. The molecule has 7 atom stereocenters. The highest BCUT2D eigenvalue weighted by molar-refractivity contribution is 7.47. The lowest BCUT2D eigenvalue weighted by molar-refractivity contribution is -0.161. The molecule has 0 bridgehead atoms. The van der Waals surface area contributed by atoms with Gasteiger partial charge in [-0.15, -0.1) is 0 Å². The number of carbonyl (C=O) groups excluding carboxylic acids is 4. The van der Waals surface area contributed by atoms with Crippen LogP contribution in [0.15, 0.2) is 0 Å². The molecule has 4 unspecified atom stereocenters. The topological polar surface area (TPSA) is 237 Å². The van der Waals surface area contributed by atoms with Gasteiger partial charge in [-0.05, 0) is 43.4 Å². The van der Waals surface area contributed by atoms with Gasteiger partial charge in [0.15, 0.2) is 12.2 Å². The molecule has 0 spiro atoms. The van der Waals surface area contributed by atoms with Gasteiger partial charge in [-0.3, -0.25) is 37.3 Å². The molecule has 0 aliphatic carbocycles. The van der Waals surface area contributed by atoms with Crippen molar-refractivity contribution in [1.82, 2.24) is 0 Å². The summed E-state index contributed by atoms with van der Waals surface area (Å²) in [6.07, 6.45) is 51.1. The molecule has 0 radical (unpaired) electrons. The Labute approximate surface area is 575 Å². The molecule has 0 aromatic carbocycles. The van der Waals surface area contributed by atoms with Crippen molar-refractivity contribution in [3.63, 3.8) is 0 Å². The third-order valence-electron chi connectivity index (χ3n) is 18.1.